The van der Waals surface area contributed by atoms with E-state index < -0.39 is 0 Å². The highest BCUT2D eigenvalue weighted by molar-refractivity contribution is 5.95. The quantitative estimate of drug-likeness (QED) is 0.190. The molecule has 5 aromatic carbocycles. The number of benzene rings is 5. The monoisotopic (exact) mass is 653 g/mol. The minimum atomic E-state index is 0.153. The molecule has 0 bridgehead atoms. The standard InChI is InChI=1S/C46H31N5/c47-27-30-8-5-17-44-40(24-30)39-13-2-4-16-43(39)51(44)46-35(29-49)11-7-14-37(46)34-10-6-9-33(26-34)32-19-21-36(22-20-32)50-42-15-3-1-12-38(42)41-25-31(28-48)18-23-45(41)50/h1-4,6-7,9-16,18-26,38,42H,5,8,17H2. The topological polar surface area (TPSA) is 79.5 Å². The molecule has 5 heteroatoms. The van der Waals surface area contributed by atoms with Gasteiger partial charge in [0.1, 0.15) is 6.07 Å². The first kappa shape index (κ1) is 30.2. The van der Waals surface area contributed by atoms with E-state index in [2.05, 4.69) is 125 Å². The molecular weight excluding hydrogens is 623 g/mol. The molecule has 240 valence electrons. The largest absolute Gasteiger partial charge is 0.333 e. The number of rotatable bonds is 4. The van der Waals surface area contributed by atoms with E-state index in [1.54, 1.807) is 0 Å². The molecule has 6 aromatic rings. The number of hydrogen-bond acceptors (Lipinski definition) is 4. The highest BCUT2D eigenvalue weighted by atomic mass is 15.2. The van der Waals surface area contributed by atoms with Gasteiger partial charge < -0.3 is 9.47 Å². The van der Waals surface area contributed by atoms with Crippen LogP contribution in [-0.4, -0.2) is 10.6 Å². The van der Waals surface area contributed by atoms with E-state index in [4.69, 9.17) is 0 Å². The number of nitriles is 3. The van der Waals surface area contributed by atoms with Crippen molar-refractivity contribution in [3.05, 3.63) is 167 Å². The van der Waals surface area contributed by atoms with Gasteiger partial charge in [0.25, 0.3) is 0 Å². The zero-order valence-corrected chi connectivity index (χ0v) is 27.8. The number of nitrogens with zero attached hydrogens (tertiary/aromatic N) is 5. The first-order valence-corrected chi connectivity index (χ1v) is 17.3. The Balaban J connectivity index is 1.13. The maximum absolute atomic E-state index is 10.5. The molecule has 0 radical (unpaired) electrons. The predicted octanol–water partition coefficient (Wildman–Crippen LogP) is 10.7. The van der Waals surface area contributed by atoms with E-state index in [0.29, 0.717) is 11.1 Å². The number of para-hydroxylation sites is 2. The lowest BCUT2D eigenvalue weighted by molar-refractivity contribution is 0.744. The highest BCUT2D eigenvalue weighted by Crippen LogP contribution is 2.48. The van der Waals surface area contributed by atoms with Gasteiger partial charge in [0, 0.05) is 45.1 Å². The van der Waals surface area contributed by atoms with E-state index in [0.717, 1.165) is 86.3 Å². The molecule has 2 unspecified atom stereocenters. The van der Waals surface area contributed by atoms with Gasteiger partial charge in [-0.3, -0.25) is 0 Å². The summed E-state index contributed by atoms with van der Waals surface area (Å²) in [6, 6.07) is 44.9. The van der Waals surface area contributed by atoms with Crippen LogP contribution >= 0.6 is 0 Å². The minimum absolute atomic E-state index is 0.153. The summed E-state index contributed by atoms with van der Waals surface area (Å²) < 4.78 is 2.27. The third-order valence-corrected chi connectivity index (χ3v) is 10.5. The van der Waals surface area contributed by atoms with Crippen molar-refractivity contribution in [2.75, 3.05) is 4.90 Å². The number of fused-ring (bicyclic) bond motifs is 6. The summed E-state index contributed by atoms with van der Waals surface area (Å²) in [6.45, 7) is 0. The molecule has 0 N–H and O–H groups in total. The van der Waals surface area contributed by atoms with E-state index >= 15 is 0 Å². The number of allylic oxidation sites excluding steroid dienone is 3. The molecule has 0 saturated carbocycles. The lowest BCUT2D eigenvalue weighted by atomic mass is 9.91. The van der Waals surface area contributed by atoms with Crippen LogP contribution in [0.4, 0.5) is 11.4 Å². The van der Waals surface area contributed by atoms with E-state index in [-0.39, 0.29) is 12.0 Å². The van der Waals surface area contributed by atoms with Gasteiger partial charge in [0.2, 0.25) is 0 Å². The van der Waals surface area contributed by atoms with Gasteiger partial charge >= 0.3 is 0 Å². The summed E-state index contributed by atoms with van der Waals surface area (Å²) in [5, 5.41) is 30.9. The van der Waals surface area contributed by atoms with Gasteiger partial charge in [-0.25, -0.2) is 0 Å². The predicted molar refractivity (Wildman–Crippen MR) is 203 cm³/mol. The van der Waals surface area contributed by atoms with Crippen LogP contribution in [0.15, 0.2) is 139 Å². The van der Waals surface area contributed by atoms with Crippen molar-refractivity contribution >= 4 is 28.4 Å². The molecule has 5 nitrogen and oxygen atoms in total. The maximum atomic E-state index is 10.5. The van der Waals surface area contributed by atoms with Crippen molar-refractivity contribution in [1.29, 1.82) is 15.8 Å². The van der Waals surface area contributed by atoms with E-state index in [1.807, 2.05) is 42.5 Å². The Labute approximate surface area is 297 Å². The van der Waals surface area contributed by atoms with Crippen molar-refractivity contribution in [2.24, 2.45) is 0 Å². The number of aromatic nitrogens is 1. The van der Waals surface area contributed by atoms with Gasteiger partial charge in [-0.2, -0.15) is 15.8 Å². The summed E-state index contributed by atoms with van der Waals surface area (Å²) in [6.07, 6.45) is 13.1. The highest BCUT2D eigenvalue weighted by Gasteiger charge is 2.37. The fourth-order valence-corrected chi connectivity index (χ4v) is 8.26. The van der Waals surface area contributed by atoms with Crippen LogP contribution in [0, 0.1) is 34.0 Å². The SMILES string of the molecule is N#CC1=Cc2c(n(-c3c(C#N)cccc3-c3cccc(-c4ccc(N5c6ccc(C#N)cc6C6C=CC=CC65)cc4)c3)c3ccccc23)CCC1. The molecule has 1 aromatic heterocycles. The van der Waals surface area contributed by atoms with Crippen LogP contribution in [0.25, 0.3) is 44.9 Å². The lowest BCUT2D eigenvalue weighted by Gasteiger charge is -2.28. The minimum Gasteiger partial charge on any atom is -0.333 e. The summed E-state index contributed by atoms with van der Waals surface area (Å²) in [4.78, 5) is 2.38. The van der Waals surface area contributed by atoms with Gasteiger partial charge in [0.05, 0.1) is 40.5 Å². The molecule has 0 spiro atoms. The molecule has 3 aliphatic rings. The summed E-state index contributed by atoms with van der Waals surface area (Å²) in [5.41, 5.74) is 13.8. The van der Waals surface area contributed by atoms with Crippen molar-refractivity contribution in [3.63, 3.8) is 0 Å². The third-order valence-electron chi connectivity index (χ3n) is 10.5. The molecule has 0 saturated heterocycles. The third kappa shape index (κ3) is 4.89. The molecule has 2 aliphatic carbocycles. The van der Waals surface area contributed by atoms with Crippen LogP contribution in [0.3, 0.4) is 0 Å². The Morgan fingerprint density at radius 1 is 0.667 bits per heavy atom. The normalized spacial score (nSPS) is 17.0. The lowest BCUT2D eigenvalue weighted by Crippen LogP contribution is -2.28. The van der Waals surface area contributed by atoms with Gasteiger partial charge in [0.15, 0.2) is 0 Å². The maximum Gasteiger partial charge on any atom is 0.101 e. The summed E-state index contributed by atoms with van der Waals surface area (Å²) in [7, 11) is 0. The van der Waals surface area contributed by atoms with E-state index in [9.17, 15) is 15.8 Å². The Morgan fingerprint density at radius 3 is 2.33 bits per heavy atom. The Kier molecular flexibility index (Phi) is 7.24. The van der Waals surface area contributed by atoms with Crippen LogP contribution in [-0.2, 0) is 6.42 Å². The first-order valence-electron chi connectivity index (χ1n) is 17.3. The second-order valence-electron chi connectivity index (χ2n) is 13.3. The van der Waals surface area contributed by atoms with E-state index in [1.165, 1.54) is 5.56 Å². The smallest absolute Gasteiger partial charge is 0.101 e. The van der Waals surface area contributed by atoms with Crippen molar-refractivity contribution < 1.29 is 0 Å². The molecule has 2 heterocycles. The Bertz CT molecular complexity index is 2610. The zero-order chi connectivity index (χ0) is 34.5. The first-order chi connectivity index (χ1) is 25.2. The van der Waals surface area contributed by atoms with Crippen LogP contribution in [0.1, 0.15) is 46.7 Å². The Hall–Kier alpha value is -6.87. The van der Waals surface area contributed by atoms with Crippen molar-refractivity contribution in [2.45, 2.75) is 31.2 Å². The van der Waals surface area contributed by atoms with Crippen molar-refractivity contribution in [1.82, 2.24) is 4.57 Å². The molecule has 2 atom stereocenters. The fourth-order valence-electron chi connectivity index (χ4n) is 8.26. The van der Waals surface area contributed by atoms with Crippen LogP contribution in [0.2, 0.25) is 0 Å². The number of anilines is 2. The molecular formula is C46H31N5. The van der Waals surface area contributed by atoms with Crippen LogP contribution < -0.4 is 4.90 Å². The fraction of sp³-hybridized carbons (Fsp3) is 0.109. The molecule has 0 fully saturated rings. The van der Waals surface area contributed by atoms with Gasteiger partial charge in [-0.05, 0) is 96.1 Å². The average Bonchev–Trinajstić information content (AvgIpc) is 3.58. The molecule has 9 rings (SSSR count). The molecule has 51 heavy (non-hydrogen) atoms. The average molecular weight is 654 g/mol. The van der Waals surface area contributed by atoms with Crippen molar-refractivity contribution in [3.8, 4) is 46.1 Å². The second kappa shape index (κ2) is 12.2. The zero-order valence-electron chi connectivity index (χ0n) is 27.8. The molecule has 1 aliphatic heterocycles. The number of hydrogen-bond donors (Lipinski definition) is 0. The van der Waals surface area contributed by atoms with Gasteiger partial charge in [-0.15, -0.1) is 0 Å². The summed E-state index contributed by atoms with van der Waals surface area (Å²) in [5.74, 6) is 0.199. The van der Waals surface area contributed by atoms with Gasteiger partial charge in [-0.1, -0.05) is 85.0 Å². The molecule has 0 amide bonds. The summed E-state index contributed by atoms with van der Waals surface area (Å²) >= 11 is 0. The van der Waals surface area contributed by atoms with Crippen LogP contribution in [0.5, 0.6) is 0 Å². The Morgan fingerprint density at radius 2 is 1.49 bits per heavy atom. The second-order valence-corrected chi connectivity index (χ2v) is 13.3.